The Bertz CT molecular complexity index is 578. The van der Waals surface area contributed by atoms with Crippen molar-refractivity contribution < 1.29 is 4.79 Å². The molecule has 2 aromatic rings. The molecule has 2 aromatic carbocycles. The average Bonchev–Trinajstić information content (AvgIpc) is 2.54. The number of benzene rings is 2. The zero-order valence-corrected chi connectivity index (χ0v) is 13.4. The van der Waals surface area contributed by atoms with Gasteiger partial charge in [-0.05, 0) is 31.0 Å². The Kier molecular flexibility index (Phi) is 6.01. The van der Waals surface area contributed by atoms with Crippen LogP contribution in [-0.4, -0.2) is 17.5 Å². The van der Waals surface area contributed by atoms with Gasteiger partial charge in [-0.1, -0.05) is 61.4 Å². The number of carbonyl (C=O) groups excluding carboxylic acids is 1. The number of rotatable bonds is 6. The first kappa shape index (κ1) is 16.1. The van der Waals surface area contributed by atoms with Gasteiger partial charge in [0.25, 0.3) is 0 Å². The van der Waals surface area contributed by atoms with Crippen molar-refractivity contribution >= 4 is 11.7 Å². The van der Waals surface area contributed by atoms with Crippen LogP contribution < -0.4 is 5.32 Å². The minimum absolute atomic E-state index is 0.0406. The van der Waals surface area contributed by atoms with Crippen LogP contribution in [0.15, 0.2) is 54.6 Å². The van der Waals surface area contributed by atoms with Crippen molar-refractivity contribution in [2.24, 2.45) is 0 Å². The molecule has 1 N–H and O–H groups in total. The number of nitrogens with one attached hydrogen (secondary N) is 1. The number of anilines is 1. The summed E-state index contributed by atoms with van der Waals surface area (Å²) in [6, 6.07) is 18.0. The Morgan fingerprint density at radius 1 is 1.05 bits per heavy atom. The van der Waals surface area contributed by atoms with Gasteiger partial charge in [-0.3, -0.25) is 0 Å². The van der Waals surface area contributed by atoms with Crippen molar-refractivity contribution in [3.8, 4) is 0 Å². The molecule has 2 rings (SSSR count). The van der Waals surface area contributed by atoms with E-state index in [4.69, 9.17) is 0 Å². The number of carbonyl (C=O) groups is 1. The number of urea groups is 1. The largest absolute Gasteiger partial charge is 0.322 e. The lowest BCUT2D eigenvalue weighted by Crippen LogP contribution is -2.35. The highest BCUT2D eigenvalue weighted by molar-refractivity contribution is 5.89. The van der Waals surface area contributed by atoms with E-state index in [1.165, 1.54) is 5.56 Å². The molecule has 0 heterocycles. The second-order valence-electron chi connectivity index (χ2n) is 5.56. The number of nitrogens with zero attached hydrogens (tertiary/aromatic N) is 1. The van der Waals surface area contributed by atoms with Gasteiger partial charge in [0.15, 0.2) is 0 Å². The summed E-state index contributed by atoms with van der Waals surface area (Å²) in [6.07, 6.45) is 2.08. The molecule has 3 nitrogen and oxygen atoms in total. The van der Waals surface area contributed by atoms with Crippen LogP contribution in [0.1, 0.15) is 30.9 Å². The van der Waals surface area contributed by atoms with Crippen molar-refractivity contribution in [2.45, 2.75) is 33.2 Å². The van der Waals surface area contributed by atoms with Crippen LogP contribution in [0, 0.1) is 6.92 Å². The zero-order valence-electron chi connectivity index (χ0n) is 13.4. The fourth-order valence-electron chi connectivity index (χ4n) is 2.24. The van der Waals surface area contributed by atoms with Gasteiger partial charge < -0.3 is 10.2 Å². The number of aryl methyl sites for hydroxylation is 1. The van der Waals surface area contributed by atoms with Gasteiger partial charge in [0, 0.05) is 18.8 Å². The van der Waals surface area contributed by atoms with E-state index in [1.54, 1.807) is 0 Å². The SMILES string of the molecule is CCCCN(Cc1ccccc1)C(=O)Nc1ccc(C)cc1. The molecule has 0 saturated heterocycles. The van der Waals surface area contributed by atoms with Gasteiger partial charge in [0.1, 0.15) is 0 Å². The standard InChI is InChI=1S/C19H24N2O/c1-3-4-14-21(15-17-8-6-5-7-9-17)19(22)20-18-12-10-16(2)11-13-18/h5-13H,3-4,14-15H2,1-2H3,(H,20,22). The second kappa shape index (κ2) is 8.23. The lowest BCUT2D eigenvalue weighted by Gasteiger charge is -2.23. The van der Waals surface area contributed by atoms with Crippen LogP contribution in [0.4, 0.5) is 10.5 Å². The Hall–Kier alpha value is -2.29. The van der Waals surface area contributed by atoms with Gasteiger partial charge >= 0.3 is 6.03 Å². The molecule has 0 radical (unpaired) electrons. The fourth-order valence-corrected chi connectivity index (χ4v) is 2.24. The van der Waals surface area contributed by atoms with Crippen molar-refractivity contribution in [3.05, 3.63) is 65.7 Å². The van der Waals surface area contributed by atoms with Gasteiger partial charge in [-0.15, -0.1) is 0 Å². The summed E-state index contributed by atoms with van der Waals surface area (Å²) < 4.78 is 0. The van der Waals surface area contributed by atoms with Crippen LogP contribution in [-0.2, 0) is 6.54 Å². The maximum atomic E-state index is 12.5. The number of hydrogen-bond acceptors (Lipinski definition) is 1. The summed E-state index contributed by atoms with van der Waals surface area (Å²) in [4.78, 5) is 14.4. The van der Waals surface area contributed by atoms with Crippen molar-refractivity contribution in [1.29, 1.82) is 0 Å². The lowest BCUT2D eigenvalue weighted by atomic mass is 10.2. The van der Waals surface area contributed by atoms with E-state index >= 15 is 0 Å². The Balaban J connectivity index is 2.03. The minimum atomic E-state index is -0.0406. The summed E-state index contributed by atoms with van der Waals surface area (Å²) in [7, 11) is 0. The summed E-state index contributed by atoms with van der Waals surface area (Å²) in [5.74, 6) is 0. The van der Waals surface area contributed by atoms with E-state index < -0.39 is 0 Å². The maximum absolute atomic E-state index is 12.5. The summed E-state index contributed by atoms with van der Waals surface area (Å²) >= 11 is 0. The molecule has 116 valence electrons. The van der Waals surface area contributed by atoms with E-state index in [-0.39, 0.29) is 6.03 Å². The molecule has 0 atom stereocenters. The van der Waals surface area contributed by atoms with Crippen LogP contribution >= 0.6 is 0 Å². The van der Waals surface area contributed by atoms with E-state index in [9.17, 15) is 4.79 Å². The molecule has 0 saturated carbocycles. The Morgan fingerprint density at radius 3 is 2.36 bits per heavy atom. The van der Waals surface area contributed by atoms with E-state index in [0.29, 0.717) is 6.54 Å². The first-order valence-electron chi connectivity index (χ1n) is 7.85. The average molecular weight is 296 g/mol. The van der Waals surface area contributed by atoms with Crippen LogP contribution in [0.25, 0.3) is 0 Å². The number of hydrogen-bond donors (Lipinski definition) is 1. The molecule has 0 aliphatic carbocycles. The highest BCUT2D eigenvalue weighted by Gasteiger charge is 2.13. The highest BCUT2D eigenvalue weighted by atomic mass is 16.2. The monoisotopic (exact) mass is 296 g/mol. The quantitative estimate of drug-likeness (QED) is 0.813. The predicted molar refractivity (Wildman–Crippen MR) is 92.0 cm³/mol. The van der Waals surface area contributed by atoms with Gasteiger partial charge in [-0.2, -0.15) is 0 Å². The molecule has 0 aliphatic heterocycles. The Morgan fingerprint density at radius 2 is 1.73 bits per heavy atom. The van der Waals surface area contributed by atoms with E-state index in [0.717, 1.165) is 30.6 Å². The van der Waals surface area contributed by atoms with Crippen LogP contribution in [0.3, 0.4) is 0 Å². The molecular formula is C19H24N2O. The molecular weight excluding hydrogens is 272 g/mol. The molecule has 3 heteroatoms. The van der Waals surface area contributed by atoms with E-state index in [2.05, 4.69) is 24.4 Å². The summed E-state index contributed by atoms with van der Waals surface area (Å²) in [5, 5.41) is 2.99. The smallest absolute Gasteiger partial charge is 0.320 e. The molecule has 0 fully saturated rings. The number of unbranched alkanes of at least 4 members (excludes halogenated alkanes) is 1. The van der Waals surface area contributed by atoms with Crippen LogP contribution in [0.5, 0.6) is 0 Å². The maximum Gasteiger partial charge on any atom is 0.322 e. The van der Waals surface area contributed by atoms with Gasteiger partial charge in [0.05, 0.1) is 0 Å². The minimum Gasteiger partial charge on any atom is -0.320 e. The number of amides is 2. The molecule has 0 aromatic heterocycles. The first-order chi connectivity index (χ1) is 10.7. The van der Waals surface area contributed by atoms with Crippen LogP contribution in [0.2, 0.25) is 0 Å². The molecule has 0 bridgehead atoms. The summed E-state index contributed by atoms with van der Waals surface area (Å²) in [5.41, 5.74) is 3.17. The van der Waals surface area contributed by atoms with Gasteiger partial charge in [-0.25, -0.2) is 4.79 Å². The topological polar surface area (TPSA) is 32.3 Å². The zero-order chi connectivity index (χ0) is 15.8. The van der Waals surface area contributed by atoms with Crippen molar-refractivity contribution in [1.82, 2.24) is 4.90 Å². The molecule has 22 heavy (non-hydrogen) atoms. The Labute approximate surface area is 133 Å². The van der Waals surface area contributed by atoms with Crippen molar-refractivity contribution in [3.63, 3.8) is 0 Å². The molecule has 2 amide bonds. The normalized spacial score (nSPS) is 10.3. The fraction of sp³-hybridized carbons (Fsp3) is 0.316. The predicted octanol–water partition coefficient (Wildman–Crippen LogP) is 4.83. The lowest BCUT2D eigenvalue weighted by molar-refractivity contribution is 0.208. The van der Waals surface area contributed by atoms with E-state index in [1.807, 2.05) is 54.3 Å². The second-order valence-corrected chi connectivity index (χ2v) is 5.56. The summed E-state index contributed by atoms with van der Waals surface area (Å²) in [6.45, 7) is 5.58. The highest BCUT2D eigenvalue weighted by Crippen LogP contribution is 2.12. The van der Waals surface area contributed by atoms with Gasteiger partial charge in [0.2, 0.25) is 0 Å². The van der Waals surface area contributed by atoms with Crippen molar-refractivity contribution in [2.75, 3.05) is 11.9 Å². The third-order valence-corrected chi connectivity index (χ3v) is 3.59. The molecule has 0 aliphatic rings. The molecule has 0 spiro atoms. The third-order valence-electron chi connectivity index (χ3n) is 3.59. The first-order valence-corrected chi connectivity index (χ1v) is 7.85. The molecule has 0 unspecified atom stereocenters. The third kappa shape index (κ3) is 4.92.